The lowest BCUT2D eigenvalue weighted by Gasteiger charge is -2.05. The second kappa shape index (κ2) is 5.43. The van der Waals surface area contributed by atoms with Crippen LogP contribution in [0.4, 0.5) is 0 Å². The molecule has 1 aromatic carbocycles. The van der Waals surface area contributed by atoms with Gasteiger partial charge in [0.25, 0.3) is 0 Å². The van der Waals surface area contributed by atoms with E-state index in [2.05, 4.69) is 17.0 Å². The molecule has 3 heteroatoms. The standard InChI is InChI=1S/C14H17NO2/c16-13-7-6-12(14(17)11-13)5-1-2-8-15-9-3-4-10-15/h3-4,6-7,9-11,16-17H,1-2,5,8H2. The van der Waals surface area contributed by atoms with Gasteiger partial charge in [0.2, 0.25) is 0 Å². The summed E-state index contributed by atoms with van der Waals surface area (Å²) in [5.74, 6) is 0.296. The number of aromatic nitrogens is 1. The third-order valence-electron chi connectivity index (χ3n) is 2.85. The first kappa shape index (κ1) is 11.6. The quantitative estimate of drug-likeness (QED) is 0.777. The zero-order valence-electron chi connectivity index (χ0n) is 9.71. The number of rotatable bonds is 5. The highest BCUT2D eigenvalue weighted by molar-refractivity contribution is 5.38. The minimum atomic E-state index is 0.110. The fraction of sp³-hybridized carbons (Fsp3) is 0.286. The summed E-state index contributed by atoms with van der Waals surface area (Å²) in [7, 11) is 0. The first-order valence-corrected chi connectivity index (χ1v) is 5.87. The number of hydrogen-bond donors (Lipinski definition) is 2. The zero-order valence-corrected chi connectivity index (χ0v) is 9.71. The Hall–Kier alpha value is -1.90. The number of aryl methyl sites for hydroxylation is 2. The maximum Gasteiger partial charge on any atom is 0.122 e. The van der Waals surface area contributed by atoms with Crippen molar-refractivity contribution in [3.05, 3.63) is 48.3 Å². The van der Waals surface area contributed by atoms with Crippen molar-refractivity contribution in [1.29, 1.82) is 0 Å². The van der Waals surface area contributed by atoms with Crippen LogP contribution < -0.4 is 0 Å². The third kappa shape index (κ3) is 3.28. The van der Waals surface area contributed by atoms with Gasteiger partial charge in [-0.1, -0.05) is 6.07 Å². The molecule has 1 aromatic heterocycles. The number of aromatic hydroxyl groups is 2. The first-order chi connectivity index (χ1) is 8.25. The van der Waals surface area contributed by atoms with E-state index in [-0.39, 0.29) is 11.5 Å². The maximum atomic E-state index is 9.61. The topological polar surface area (TPSA) is 45.4 Å². The van der Waals surface area contributed by atoms with Crippen LogP contribution in [0.15, 0.2) is 42.7 Å². The summed E-state index contributed by atoms with van der Waals surface area (Å²) in [5.41, 5.74) is 0.898. The minimum Gasteiger partial charge on any atom is -0.508 e. The second-order valence-corrected chi connectivity index (χ2v) is 4.19. The molecule has 0 radical (unpaired) electrons. The van der Waals surface area contributed by atoms with E-state index in [0.29, 0.717) is 0 Å². The van der Waals surface area contributed by atoms with Gasteiger partial charge in [0, 0.05) is 25.0 Å². The molecule has 0 saturated carbocycles. The lowest BCUT2D eigenvalue weighted by molar-refractivity contribution is 0.444. The van der Waals surface area contributed by atoms with Crippen LogP contribution in [-0.4, -0.2) is 14.8 Å². The lowest BCUT2D eigenvalue weighted by atomic mass is 10.1. The molecule has 0 fully saturated rings. The molecule has 17 heavy (non-hydrogen) atoms. The van der Waals surface area contributed by atoms with Crippen LogP contribution in [0.2, 0.25) is 0 Å². The van der Waals surface area contributed by atoms with Gasteiger partial charge in [-0.15, -0.1) is 0 Å². The average Bonchev–Trinajstić information content (AvgIpc) is 2.79. The lowest BCUT2D eigenvalue weighted by Crippen LogP contribution is -1.95. The van der Waals surface area contributed by atoms with E-state index in [9.17, 15) is 10.2 Å². The Morgan fingerprint density at radius 3 is 2.47 bits per heavy atom. The summed E-state index contributed by atoms with van der Waals surface area (Å²) in [6.45, 7) is 1.01. The van der Waals surface area contributed by atoms with E-state index in [1.54, 1.807) is 12.1 Å². The van der Waals surface area contributed by atoms with Crippen molar-refractivity contribution in [2.45, 2.75) is 25.8 Å². The fourth-order valence-electron chi connectivity index (χ4n) is 1.89. The van der Waals surface area contributed by atoms with E-state index < -0.39 is 0 Å². The second-order valence-electron chi connectivity index (χ2n) is 4.19. The van der Waals surface area contributed by atoms with Crippen molar-refractivity contribution in [2.75, 3.05) is 0 Å². The van der Waals surface area contributed by atoms with E-state index in [0.717, 1.165) is 31.4 Å². The van der Waals surface area contributed by atoms with Gasteiger partial charge >= 0.3 is 0 Å². The highest BCUT2D eigenvalue weighted by atomic mass is 16.3. The van der Waals surface area contributed by atoms with Crippen molar-refractivity contribution in [3.8, 4) is 11.5 Å². The Kier molecular flexibility index (Phi) is 3.70. The minimum absolute atomic E-state index is 0.110. The van der Waals surface area contributed by atoms with E-state index in [1.165, 1.54) is 6.07 Å². The molecule has 2 rings (SSSR count). The highest BCUT2D eigenvalue weighted by Gasteiger charge is 2.01. The Morgan fingerprint density at radius 2 is 1.76 bits per heavy atom. The van der Waals surface area contributed by atoms with Crippen LogP contribution in [0.3, 0.4) is 0 Å². The third-order valence-corrected chi connectivity index (χ3v) is 2.85. The normalized spacial score (nSPS) is 10.6. The van der Waals surface area contributed by atoms with Crippen LogP contribution in [0.25, 0.3) is 0 Å². The number of nitrogens with zero attached hydrogens (tertiary/aromatic N) is 1. The molecule has 0 aliphatic heterocycles. The van der Waals surface area contributed by atoms with Crippen molar-refractivity contribution in [2.24, 2.45) is 0 Å². The molecule has 2 N–H and O–H groups in total. The van der Waals surface area contributed by atoms with Crippen molar-refractivity contribution >= 4 is 0 Å². The molecular weight excluding hydrogens is 214 g/mol. The van der Waals surface area contributed by atoms with E-state index >= 15 is 0 Å². The van der Waals surface area contributed by atoms with Gasteiger partial charge in [0.05, 0.1) is 0 Å². The zero-order chi connectivity index (χ0) is 12.1. The van der Waals surface area contributed by atoms with Gasteiger partial charge in [0.1, 0.15) is 11.5 Å². The number of benzene rings is 1. The van der Waals surface area contributed by atoms with Crippen LogP contribution in [0, 0.1) is 0 Å². The van der Waals surface area contributed by atoms with Gasteiger partial charge < -0.3 is 14.8 Å². The molecule has 0 saturated heterocycles. The summed E-state index contributed by atoms with van der Waals surface area (Å²) in [6.07, 6.45) is 7.05. The smallest absolute Gasteiger partial charge is 0.122 e. The van der Waals surface area contributed by atoms with Gasteiger partial charge in [-0.2, -0.15) is 0 Å². The molecule has 90 valence electrons. The number of phenolic OH excluding ortho intramolecular Hbond substituents is 2. The Morgan fingerprint density at radius 1 is 1.00 bits per heavy atom. The van der Waals surface area contributed by atoms with Gasteiger partial charge in [0.15, 0.2) is 0 Å². The Labute approximate surface area is 101 Å². The molecule has 3 nitrogen and oxygen atoms in total. The molecule has 2 aromatic rings. The number of unbranched alkanes of at least 4 members (excludes halogenated alkanes) is 1. The molecule has 0 spiro atoms. The van der Waals surface area contributed by atoms with E-state index in [1.807, 2.05) is 12.1 Å². The van der Waals surface area contributed by atoms with Crippen molar-refractivity contribution < 1.29 is 10.2 Å². The van der Waals surface area contributed by atoms with Crippen molar-refractivity contribution in [1.82, 2.24) is 4.57 Å². The molecule has 0 aliphatic carbocycles. The summed E-state index contributed by atoms with van der Waals surface area (Å²) < 4.78 is 2.15. The summed E-state index contributed by atoms with van der Waals surface area (Å²) in [6, 6.07) is 8.82. The van der Waals surface area contributed by atoms with Crippen LogP contribution in [0.1, 0.15) is 18.4 Å². The predicted octanol–water partition coefficient (Wildman–Crippen LogP) is 2.92. The molecule has 1 heterocycles. The van der Waals surface area contributed by atoms with Gasteiger partial charge in [-0.3, -0.25) is 0 Å². The van der Waals surface area contributed by atoms with Crippen LogP contribution >= 0.6 is 0 Å². The maximum absolute atomic E-state index is 9.61. The fourth-order valence-corrected chi connectivity index (χ4v) is 1.89. The highest BCUT2D eigenvalue weighted by Crippen LogP contribution is 2.23. The first-order valence-electron chi connectivity index (χ1n) is 5.87. The van der Waals surface area contributed by atoms with Gasteiger partial charge in [-0.05, 0) is 43.0 Å². The number of hydrogen-bond acceptors (Lipinski definition) is 2. The number of phenols is 2. The summed E-state index contributed by atoms with van der Waals surface area (Å²) >= 11 is 0. The van der Waals surface area contributed by atoms with E-state index in [4.69, 9.17) is 0 Å². The summed E-state index contributed by atoms with van der Waals surface area (Å²) in [4.78, 5) is 0. The molecule has 0 bridgehead atoms. The Bertz CT molecular complexity index is 463. The predicted molar refractivity (Wildman–Crippen MR) is 67.1 cm³/mol. The van der Waals surface area contributed by atoms with Gasteiger partial charge in [-0.25, -0.2) is 0 Å². The monoisotopic (exact) mass is 231 g/mol. The Balaban J connectivity index is 1.78. The molecular formula is C14H17NO2. The average molecular weight is 231 g/mol. The molecule has 0 atom stereocenters. The largest absolute Gasteiger partial charge is 0.508 e. The molecule has 0 amide bonds. The SMILES string of the molecule is Oc1ccc(CCCCn2cccc2)c(O)c1. The van der Waals surface area contributed by atoms with Crippen LogP contribution in [0.5, 0.6) is 11.5 Å². The summed E-state index contributed by atoms with van der Waals surface area (Å²) in [5, 5.41) is 18.8. The molecule has 0 aliphatic rings. The van der Waals surface area contributed by atoms with Crippen molar-refractivity contribution in [3.63, 3.8) is 0 Å². The van der Waals surface area contributed by atoms with Crippen LogP contribution in [-0.2, 0) is 13.0 Å². The molecule has 0 unspecified atom stereocenters.